The molecule has 4 heteroatoms. The fraction of sp³-hybridized carbons (Fsp3) is 0.250. The summed E-state index contributed by atoms with van der Waals surface area (Å²) in [5.41, 5.74) is 0.652. The minimum atomic E-state index is -0.535. The Morgan fingerprint density at radius 2 is 2.25 bits per heavy atom. The van der Waals surface area contributed by atoms with Gasteiger partial charge in [0.1, 0.15) is 5.75 Å². The lowest BCUT2D eigenvalue weighted by Crippen LogP contribution is -1.99. The number of ether oxygens (including phenoxy) is 2. The van der Waals surface area contributed by atoms with E-state index in [1.165, 1.54) is 0 Å². The number of esters is 1. The molecule has 3 nitrogen and oxygen atoms in total. The molecule has 0 atom stereocenters. The van der Waals surface area contributed by atoms with Gasteiger partial charge in [0.05, 0.1) is 19.3 Å². The molecule has 0 saturated heterocycles. The Labute approximate surface area is 103 Å². The summed E-state index contributed by atoms with van der Waals surface area (Å²) in [4.78, 5) is 11.0. The average molecular weight is 283 g/mol. The van der Waals surface area contributed by atoms with Crippen LogP contribution in [0.5, 0.6) is 5.75 Å². The second kappa shape index (κ2) is 6.19. The quantitative estimate of drug-likeness (QED) is 0.617. The van der Waals surface area contributed by atoms with Gasteiger partial charge in [-0.05, 0) is 25.1 Å². The summed E-state index contributed by atoms with van der Waals surface area (Å²) >= 11 is 3.32. The highest BCUT2D eigenvalue weighted by molar-refractivity contribution is 9.10. The fourth-order valence-corrected chi connectivity index (χ4v) is 1.39. The normalized spacial score (nSPS) is 8.94. The van der Waals surface area contributed by atoms with Gasteiger partial charge in [-0.1, -0.05) is 21.9 Å². The van der Waals surface area contributed by atoms with Crippen LogP contribution in [-0.2, 0) is 9.53 Å². The summed E-state index contributed by atoms with van der Waals surface area (Å²) in [5, 5.41) is 0. The molecule has 1 aromatic carbocycles. The molecule has 1 aromatic rings. The molecule has 0 spiro atoms. The summed E-state index contributed by atoms with van der Waals surface area (Å²) < 4.78 is 10.7. The van der Waals surface area contributed by atoms with E-state index >= 15 is 0 Å². The summed E-state index contributed by atoms with van der Waals surface area (Å²) in [6.45, 7) is 2.06. The first kappa shape index (κ1) is 12.6. The largest absolute Gasteiger partial charge is 0.495 e. The number of halogens is 1. The molecular formula is C12H11BrO3. The van der Waals surface area contributed by atoms with Crippen molar-refractivity contribution >= 4 is 21.9 Å². The van der Waals surface area contributed by atoms with Crippen LogP contribution in [0.4, 0.5) is 0 Å². The van der Waals surface area contributed by atoms with Gasteiger partial charge in [0, 0.05) is 10.4 Å². The maximum absolute atomic E-state index is 11.0. The summed E-state index contributed by atoms with van der Waals surface area (Å²) in [6, 6.07) is 5.39. The highest BCUT2D eigenvalue weighted by Crippen LogP contribution is 2.22. The number of carbonyl (C=O) groups is 1. The summed E-state index contributed by atoms with van der Waals surface area (Å²) in [7, 11) is 1.55. The molecule has 0 aliphatic heterocycles. The molecular weight excluding hydrogens is 272 g/mol. The zero-order chi connectivity index (χ0) is 12.0. The third-order valence-electron chi connectivity index (χ3n) is 1.74. The molecule has 0 aliphatic rings. The molecule has 0 saturated carbocycles. The first-order valence-corrected chi connectivity index (χ1v) is 5.49. The Kier molecular flexibility index (Phi) is 4.87. The van der Waals surface area contributed by atoms with E-state index < -0.39 is 5.97 Å². The first-order chi connectivity index (χ1) is 7.67. The van der Waals surface area contributed by atoms with Gasteiger partial charge in [-0.15, -0.1) is 0 Å². The van der Waals surface area contributed by atoms with Crippen molar-refractivity contribution in [2.45, 2.75) is 6.92 Å². The van der Waals surface area contributed by atoms with Crippen molar-refractivity contribution in [2.75, 3.05) is 13.7 Å². The molecule has 0 bridgehead atoms. The topological polar surface area (TPSA) is 35.5 Å². The van der Waals surface area contributed by atoms with Crippen molar-refractivity contribution in [3.05, 3.63) is 28.2 Å². The van der Waals surface area contributed by atoms with Crippen LogP contribution >= 0.6 is 15.9 Å². The molecule has 0 aliphatic carbocycles. The van der Waals surface area contributed by atoms with Gasteiger partial charge in [-0.3, -0.25) is 0 Å². The number of benzene rings is 1. The van der Waals surface area contributed by atoms with Gasteiger partial charge in [0.15, 0.2) is 0 Å². The third-order valence-corrected chi connectivity index (χ3v) is 2.23. The Morgan fingerprint density at radius 1 is 1.50 bits per heavy atom. The van der Waals surface area contributed by atoms with Crippen molar-refractivity contribution in [3.63, 3.8) is 0 Å². The van der Waals surface area contributed by atoms with E-state index in [1.807, 2.05) is 6.07 Å². The Morgan fingerprint density at radius 3 is 2.88 bits per heavy atom. The lowest BCUT2D eigenvalue weighted by atomic mass is 10.2. The van der Waals surface area contributed by atoms with Gasteiger partial charge in [-0.2, -0.15) is 0 Å². The molecule has 0 amide bonds. The van der Waals surface area contributed by atoms with E-state index in [0.29, 0.717) is 17.9 Å². The number of carbonyl (C=O) groups excluding carboxylic acids is 1. The smallest absolute Gasteiger partial charge is 0.384 e. The van der Waals surface area contributed by atoms with Gasteiger partial charge in [0.25, 0.3) is 0 Å². The van der Waals surface area contributed by atoms with E-state index in [9.17, 15) is 4.79 Å². The molecule has 0 radical (unpaired) electrons. The van der Waals surface area contributed by atoms with E-state index in [1.54, 1.807) is 26.2 Å². The van der Waals surface area contributed by atoms with E-state index in [2.05, 4.69) is 27.8 Å². The average Bonchev–Trinajstić information content (AvgIpc) is 2.27. The monoisotopic (exact) mass is 282 g/mol. The van der Waals surface area contributed by atoms with Crippen LogP contribution in [-0.4, -0.2) is 19.7 Å². The second-order valence-electron chi connectivity index (χ2n) is 2.82. The van der Waals surface area contributed by atoms with Crippen LogP contribution in [0.1, 0.15) is 12.5 Å². The summed E-state index contributed by atoms with van der Waals surface area (Å²) in [5.74, 6) is 5.18. The minimum absolute atomic E-state index is 0.324. The molecule has 84 valence electrons. The third kappa shape index (κ3) is 3.59. The predicted octanol–water partition coefficient (Wildman–Crippen LogP) is 2.37. The number of rotatable bonds is 2. The highest BCUT2D eigenvalue weighted by Gasteiger charge is 2.01. The molecule has 0 N–H and O–H groups in total. The van der Waals surface area contributed by atoms with Crippen LogP contribution in [0.3, 0.4) is 0 Å². The predicted molar refractivity (Wildman–Crippen MR) is 64.2 cm³/mol. The SMILES string of the molecule is CCOC(=O)C#Cc1ccc(Br)cc1OC. The highest BCUT2D eigenvalue weighted by atomic mass is 79.9. The van der Waals surface area contributed by atoms with Crippen LogP contribution < -0.4 is 4.74 Å². The van der Waals surface area contributed by atoms with Crippen LogP contribution in [0.25, 0.3) is 0 Å². The zero-order valence-corrected chi connectivity index (χ0v) is 10.6. The van der Waals surface area contributed by atoms with Crippen molar-refractivity contribution in [1.82, 2.24) is 0 Å². The fourth-order valence-electron chi connectivity index (χ4n) is 1.05. The maximum atomic E-state index is 11.0. The molecule has 0 fully saturated rings. The van der Waals surface area contributed by atoms with Crippen molar-refractivity contribution in [2.24, 2.45) is 0 Å². The van der Waals surface area contributed by atoms with Crippen molar-refractivity contribution in [3.8, 4) is 17.6 Å². The number of hydrogen-bond donors (Lipinski definition) is 0. The number of hydrogen-bond acceptors (Lipinski definition) is 3. The molecule has 0 aromatic heterocycles. The lowest BCUT2D eigenvalue weighted by molar-refractivity contribution is -0.136. The minimum Gasteiger partial charge on any atom is -0.495 e. The second-order valence-corrected chi connectivity index (χ2v) is 3.73. The maximum Gasteiger partial charge on any atom is 0.384 e. The van der Waals surface area contributed by atoms with Gasteiger partial charge in [0.2, 0.25) is 0 Å². The first-order valence-electron chi connectivity index (χ1n) is 4.69. The van der Waals surface area contributed by atoms with Crippen LogP contribution in [0.2, 0.25) is 0 Å². The van der Waals surface area contributed by atoms with Crippen molar-refractivity contribution < 1.29 is 14.3 Å². The van der Waals surface area contributed by atoms with Gasteiger partial charge >= 0.3 is 5.97 Å². The van der Waals surface area contributed by atoms with E-state index in [-0.39, 0.29) is 0 Å². The van der Waals surface area contributed by atoms with Crippen LogP contribution in [0.15, 0.2) is 22.7 Å². The lowest BCUT2D eigenvalue weighted by Gasteiger charge is -2.02. The van der Waals surface area contributed by atoms with Crippen LogP contribution in [0, 0.1) is 11.8 Å². The molecule has 1 rings (SSSR count). The number of methoxy groups -OCH3 is 1. The Hall–Kier alpha value is -1.47. The molecule has 0 unspecified atom stereocenters. The Balaban J connectivity index is 2.92. The zero-order valence-electron chi connectivity index (χ0n) is 9.04. The standard InChI is InChI=1S/C12H11BrO3/c1-3-16-12(14)7-5-9-4-6-10(13)8-11(9)15-2/h4,6,8H,3H2,1-2H3. The van der Waals surface area contributed by atoms with Gasteiger partial charge < -0.3 is 9.47 Å². The molecule has 0 heterocycles. The van der Waals surface area contributed by atoms with Gasteiger partial charge in [-0.25, -0.2) is 4.79 Å². The summed E-state index contributed by atoms with van der Waals surface area (Å²) in [6.07, 6.45) is 0. The molecule has 16 heavy (non-hydrogen) atoms. The van der Waals surface area contributed by atoms with Crippen molar-refractivity contribution in [1.29, 1.82) is 0 Å². The van der Waals surface area contributed by atoms with E-state index in [4.69, 9.17) is 9.47 Å². The Bertz CT molecular complexity index is 443. The van der Waals surface area contributed by atoms with E-state index in [0.717, 1.165) is 4.47 Å².